The summed E-state index contributed by atoms with van der Waals surface area (Å²) in [5, 5.41) is 0. The molecule has 4 aromatic carbocycles. The van der Waals surface area contributed by atoms with Gasteiger partial charge in [0.25, 0.3) is 0 Å². The summed E-state index contributed by atoms with van der Waals surface area (Å²) in [4.78, 5) is 22.0. The highest BCUT2D eigenvalue weighted by Crippen LogP contribution is 2.23. The fourth-order valence-corrected chi connectivity index (χ4v) is 5.40. The highest BCUT2D eigenvalue weighted by molar-refractivity contribution is 6.19. The Morgan fingerprint density at radius 3 is 1.07 bits per heavy atom. The van der Waals surface area contributed by atoms with Gasteiger partial charge >= 0.3 is 28.6 Å². The number of benzene rings is 4. The van der Waals surface area contributed by atoms with Crippen LogP contribution < -0.4 is 0 Å². The van der Waals surface area contributed by atoms with Gasteiger partial charge in [-0.15, -0.1) is 0 Å². The van der Waals surface area contributed by atoms with E-state index in [-0.39, 0.29) is 28.6 Å². The maximum Gasteiger partial charge on any atom is 0.329 e. The number of hydrogen-bond acceptors (Lipinski definition) is 1. The van der Waals surface area contributed by atoms with Crippen LogP contribution in [0, 0.1) is 0 Å². The quantitative estimate of drug-likeness (QED) is 0.159. The average Bonchev–Trinajstić information content (AvgIpc) is 3.07. The molecule has 45 heavy (non-hydrogen) atoms. The maximum absolute atomic E-state index is 10.3. The highest BCUT2D eigenvalue weighted by atomic mass is 14.9. The minimum Gasteiger partial charge on any atom is -0.361 e. The molecule has 0 unspecified atom stereocenters. The minimum absolute atomic E-state index is 0.144. The SMILES string of the molecule is [N-]=[N+]=C1c2cccc(c2)C(=[N+]=[N-])c2cccc(c2)C(=[N+]=[N-])c2cc(C(=[N+]=[N-])c3ccncc3)cc(c2)C(=[N+]=[N-])c2cccc1c2. The van der Waals surface area contributed by atoms with E-state index in [4.69, 9.17) is 0 Å². The number of fused-ring (bicyclic) bond motifs is 8. The first kappa shape index (κ1) is 28.1. The summed E-state index contributed by atoms with van der Waals surface area (Å²) in [7, 11) is 0. The van der Waals surface area contributed by atoms with Crippen molar-refractivity contribution in [2.45, 2.75) is 0 Å². The standard InChI is InChI=1S/C34H19N11/c35-41-30(20-10-12-40-13-11-20)27-17-28-19-29(18-27)34(45-39)26-9-3-7-24(16-26)32(43-37)22-5-1-4-21(14-22)31(42-36)23-6-2-8-25(15-23)33(28)44-38/h1-19H. The lowest BCUT2D eigenvalue weighted by Gasteiger charge is -2.07. The van der Waals surface area contributed by atoms with E-state index in [1.807, 2.05) is 0 Å². The molecule has 11 heteroatoms. The summed E-state index contributed by atoms with van der Waals surface area (Å²) < 4.78 is 0. The van der Waals surface area contributed by atoms with E-state index in [0.717, 1.165) is 0 Å². The highest BCUT2D eigenvalue weighted by Gasteiger charge is 2.29. The van der Waals surface area contributed by atoms with Crippen LogP contribution in [0.25, 0.3) is 27.7 Å². The second-order valence-corrected chi connectivity index (χ2v) is 10.0. The van der Waals surface area contributed by atoms with Gasteiger partial charge in [-0.25, -0.2) is 0 Å². The van der Waals surface area contributed by atoms with Crippen molar-refractivity contribution in [3.8, 4) is 0 Å². The Kier molecular flexibility index (Phi) is 7.51. The Balaban J connectivity index is 1.71. The minimum atomic E-state index is 0.144. The summed E-state index contributed by atoms with van der Waals surface area (Å²) >= 11 is 0. The monoisotopic (exact) mass is 581 g/mol. The molecule has 0 saturated heterocycles. The zero-order chi connectivity index (χ0) is 31.3. The molecule has 6 rings (SSSR count). The van der Waals surface area contributed by atoms with Crippen LogP contribution in [0.15, 0.2) is 116 Å². The lowest BCUT2D eigenvalue weighted by Crippen LogP contribution is -2.15. The van der Waals surface area contributed by atoms with E-state index in [2.05, 4.69) is 28.9 Å². The van der Waals surface area contributed by atoms with Crippen molar-refractivity contribution < 1.29 is 23.9 Å². The van der Waals surface area contributed by atoms with Crippen LogP contribution in [0.2, 0.25) is 0 Å². The first-order valence-electron chi connectivity index (χ1n) is 13.6. The molecule has 8 bridgehead atoms. The van der Waals surface area contributed by atoms with E-state index < -0.39 is 0 Å². The third-order valence-electron chi connectivity index (χ3n) is 7.44. The molecule has 0 aliphatic heterocycles. The normalized spacial score (nSPS) is 11.8. The third-order valence-corrected chi connectivity index (χ3v) is 7.44. The van der Waals surface area contributed by atoms with E-state index in [9.17, 15) is 27.7 Å². The second kappa shape index (κ2) is 12.0. The Labute approximate surface area is 256 Å². The Morgan fingerprint density at radius 1 is 0.400 bits per heavy atom. The molecule has 1 aliphatic carbocycles. The van der Waals surface area contributed by atoms with Crippen LogP contribution in [0.3, 0.4) is 0 Å². The van der Waals surface area contributed by atoms with E-state index >= 15 is 0 Å². The van der Waals surface area contributed by atoms with Gasteiger partial charge < -0.3 is 27.7 Å². The van der Waals surface area contributed by atoms with Gasteiger partial charge in [-0.2, -0.15) is 23.9 Å². The summed E-state index contributed by atoms with van der Waals surface area (Å²) in [6.07, 6.45) is 3.12. The van der Waals surface area contributed by atoms with Crippen molar-refractivity contribution in [2.75, 3.05) is 0 Å². The van der Waals surface area contributed by atoms with Gasteiger partial charge in [-0.3, -0.25) is 4.98 Å². The van der Waals surface area contributed by atoms with Gasteiger partial charge in [0.15, 0.2) is 0 Å². The van der Waals surface area contributed by atoms with Crippen molar-refractivity contribution in [1.82, 2.24) is 4.98 Å². The number of aromatic nitrogens is 1. The van der Waals surface area contributed by atoms with Crippen LogP contribution in [-0.2, 0) is 0 Å². The van der Waals surface area contributed by atoms with Gasteiger partial charge in [-0.1, -0.05) is 18.2 Å². The fourth-order valence-electron chi connectivity index (χ4n) is 5.40. The molecule has 0 spiro atoms. The zero-order valence-electron chi connectivity index (χ0n) is 23.4. The molecular weight excluding hydrogens is 562 g/mol. The summed E-state index contributed by atoms with van der Waals surface area (Å²) in [5.74, 6) is 0. The molecule has 5 aromatic rings. The molecule has 1 aliphatic rings. The van der Waals surface area contributed by atoms with Crippen LogP contribution in [0.4, 0.5) is 0 Å². The Bertz CT molecular complexity index is 2170. The molecule has 1 aromatic heterocycles. The predicted octanol–water partition coefficient (Wildman–Crippen LogP) is 4.73. The van der Waals surface area contributed by atoms with E-state index in [0.29, 0.717) is 55.6 Å². The number of hydrogen-bond donors (Lipinski definition) is 0. The fraction of sp³-hybridized carbons (Fsp3) is 0. The summed E-state index contributed by atoms with van der Waals surface area (Å²) in [6.45, 7) is 0. The first-order valence-corrected chi connectivity index (χ1v) is 13.6. The number of nitrogens with zero attached hydrogens (tertiary/aromatic N) is 11. The Hall–Kier alpha value is -7.07. The molecule has 0 saturated carbocycles. The van der Waals surface area contributed by atoms with Crippen LogP contribution in [0.5, 0.6) is 0 Å². The molecule has 210 valence electrons. The molecule has 0 atom stereocenters. The summed E-state index contributed by atoms with van der Waals surface area (Å²) in [6, 6.07) is 29.1. The van der Waals surface area contributed by atoms with Crippen LogP contribution in [0.1, 0.15) is 55.6 Å². The van der Waals surface area contributed by atoms with Crippen molar-refractivity contribution in [3.05, 3.63) is 199 Å². The average molecular weight is 582 g/mol. The van der Waals surface area contributed by atoms with Gasteiger partial charge in [0.1, 0.15) is 0 Å². The molecule has 0 N–H and O–H groups in total. The van der Waals surface area contributed by atoms with Crippen LogP contribution >= 0.6 is 0 Å². The molecule has 1 heterocycles. The topological polar surface area (TPSA) is 195 Å². The second-order valence-electron chi connectivity index (χ2n) is 10.0. The van der Waals surface area contributed by atoms with Gasteiger partial charge in [-0.05, 0) is 84.9 Å². The first-order chi connectivity index (χ1) is 22.1. The third kappa shape index (κ3) is 5.22. The van der Waals surface area contributed by atoms with E-state index in [1.54, 1.807) is 116 Å². The zero-order valence-corrected chi connectivity index (χ0v) is 23.4. The smallest absolute Gasteiger partial charge is 0.329 e. The lowest BCUT2D eigenvalue weighted by molar-refractivity contribution is -0.00362. The summed E-state index contributed by atoms with van der Waals surface area (Å²) in [5.41, 5.74) is 56.8. The largest absolute Gasteiger partial charge is 0.361 e. The molecule has 0 fully saturated rings. The number of pyridine rings is 1. The number of rotatable bonds is 2. The predicted molar refractivity (Wildman–Crippen MR) is 164 cm³/mol. The Morgan fingerprint density at radius 2 is 0.733 bits per heavy atom. The molecule has 0 radical (unpaired) electrons. The van der Waals surface area contributed by atoms with Crippen molar-refractivity contribution in [1.29, 1.82) is 0 Å². The lowest BCUT2D eigenvalue weighted by atomic mass is 9.89. The van der Waals surface area contributed by atoms with Crippen LogP contribution in [-0.4, -0.2) is 57.5 Å². The van der Waals surface area contributed by atoms with Gasteiger partial charge in [0.05, 0.1) is 55.6 Å². The van der Waals surface area contributed by atoms with Gasteiger partial charge in [0, 0.05) is 12.4 Å². The molecule has 0 amide bonds. The van der Waals surface area contributed by atoms with Crippen molar-refractivity contribution in [3.63, 3.8) is 0 Å². The van der Waals surface area contributed by atoms with Crippen molar-refractivity contribution in [2.24, 2.45) is 0 Å². The van der Waals surface area contributed by atoms with Gasteiger partial charge in [0.2, 0.25) is 0 Å². The van der Waals surface area contributed by atoms with Crippen molar-refractivity contribution >= 4 is 28.6 Å². The van der Waals surface area contributed by atoms with E-state index in [1.165, 1.54) is 0 Å². The maximum atomic E-state index is 10.3. The molecule has 11 nitrogen and oxygen atoms in total. The molecular formula is C34H19N11.